The van der Waals surface area contributed by atoms with E-state index in [9.17, 15) is 4.39 Å². The van der Waals surface area contributed by atoms with E-state index in [2.05, 4.69) is 10.1 Å². The van der Waals surface area contributed by atoms with Crippen molar-refractivity contribution in [3.05, 3.63) is 47.3 Å². The van der Waals surface area contributed by atoms with Gasteiger partial charge in [-0.05, 0) is 6.07 Å². The van der Waals surface area contributed by atoms with Gasteiger partial charge in [-0.2, -0.15) is 5.10 Å². The van der Waals surface area contributed by atoms with Crippen molar-refractivity contribution in [3.63, 3.8) is 0 Å². The summed E-state index contributed by atoms with van der Waals surface area (Å²) in [6.07, 6.45) is 1.51. The van der Waals surface area contributed by atoms with Crippen LogP contribution in [-0.2, 0) is 12.8 Å². The molecule has 4 nitrogen and oxygen atoms in total. The zero-order chi connectivity index (χ0) is 13.8. The third kappa shape index (κ3) is 2.66. The number of hydrogen-bond donors (Lipinski definition) is 1. The van der Waals surface area contributed by atoms with Crippen LogP contribution in [0.2, 0.25) is 0 Å². The lowest BCUT2D eigenvalue weighted by atomic mass is 10.1. The van der Waals surface area contributed by atoms with E-state index in [-0.39, 0.29) is 11.9 Å². The third-order valence-corrected chi connectivity index (χ3v) is 3.16. The Balaban J connectivity index is 2.47. The second kappa shape index (κ2) is 5.93. The highest BCUT2D eigenvalue weighted by molar-refractivity contribution is 5.22. The van der Waals surface area contributed by atoms with Crippen LogP contribution in [0.4, 0.5) is 4.39 Å². The highest BCUT2D eigenvalue weighted by Gasteiger charge is 2.20. The van der Waals surface area contributed by atoms with Gasteiger partial charge in [-0.1, -0.05) is 32.0 Å². The summed E-state index contributed by atoms with van der Waals surface area (Å²) in [5.74, 6) is 1.36. The molecule has 1 heterocycles. The minimum absolute atomic E-state index is 0.256. The predicted molar refractivity (Wildman–Crippen MR) is 72.4 cm³/mol. The van der Waals surface area contributed by atoms with Crippen molar-refractivity contribution in [2.24, 2.45) is 5.73 Å². The summed E-state index contributed by atoms with van der Waals surface area (Å²) in [6, 6.07) is 6.38. The molecule has 0 aliphatic carbocycles. The summed E-state index contributed by atoms with van der Waals surface area (Å²) in [4.78, 5) is 4.45. The monoisotopic (exact) mass is 262 g/mol. The summed E-state index contributed by atoms with van der Waals surface area (Å²) in [6.45, 7) is 4.30. The quantitative estimate of drug-likeness (QED) is 0.897. The Hall–Kier alpha value is -1.75. The van der Waals surface area contributed by atoms with Crippen LogP contribution in [0.5, 0.6) is 0 Å². The van der Waals surface area contributed by atoms with Crippen LogP contribution < -0.4 is 5.73 Å². The average molecular weight is 262 g/mol. The highest BCUT2D eigenvalue weighted by Crippen LogP contribution is 2.21. The lowest BCUT2D eigenvalue weighted by Gasteiger charge is -2.18. The lowest BCUT2D eigenvalue weighted by molar-refractivity contribution is 0.479. The normalized spacial score (nSPS) is 12.6. The van der Waals surface area contributed by atoms with E-state index in [0.717, 1.165) is 24.5 Å². The Morgan fingerprint density at radius 3 is 2.58 bits per heavy atom. The second-order valence-corrected chi connectivity index (χ2v) is 4.37. The molecule has 0 radical (unpaired) electrons. The van der Waals surface area contributed by atoms with E-state index in [0.29, 0.717) is 12.1 Å². The van der Waals surface area contributed by atoms with E-state index >= 15 is 0 Å². The molecule has 102 valence electrons. The van der Waals surface area contributed by atoms with Gasteiger partial charge in [-0.3, -0.25) is 0 Å². The Kier molecular flexibility index (Phi) is 4.27. The van der Waals surface area contributed by atoms with Crippen molar-refractivity contribution >= 4 is 0 Å². The van der Waals surface area contributed by atoms with Crippen molar-refractivity contribution in [1.82, 2.24) is 14.8 Å². The molecule has 0 saturated heterocycles. The summed E-state index contributed by atoms with van der Waals surface area (Å²) < 4.78 is 15.7. The largest absolute Gasteiger partial charge is 0.328 e. The van der Waals surface area contributed by atoms with Crippen molar-refractivity contribution < 1.29 is 4.39 Å². The molecular weight excluding hydrogens is 243 g/mol. The molecule has 1 atom stereocenters. The summed E-state index contributed by atoms with van der Waals surface area (Å²) in [5, 5.41) is 4.45. The van der Waals surface area contributed by atoms with Gasteiger partial charge in [-0.25, -0.2) is 14.1 Å². The van der Waals surface area contributed by atoms with Crippen LogP contribution in [0.1, 0.15) is 37.1 Å². The Morgan fingerprint density at radius 2 is 2.00 bits per heavy atom. The average Bonchev–Trinajstić information content (AvgIpc) is 2.85. The molecule has 0 fully saturated rings. The smallest absolute Gasteiger partial charge is 0.150 e. The van der Waals surface area contributed by atoms with Crippen LogP contribution >= 0.6 is 0 Å². The molecule has 2 aromatic rings. The maximum Gasteiger partial charge on any atom is 0.150 e. The zero-order valence-electron chi connectivity index (χ0n) is 11.3. The number of benzene rings is 1. The number of nitrogens with two attached hydrogens (primary N) is 1. The first-order chi connectivity index (χ1) is 9.21. The number of halogens is 1. The minimum atomic E-state index is -0.302. The topological polar surface area (TPSA) is 56.7 Å². The van der Waals surface area contributed by atoms with E-state index < -0.39 is 0 Å². The van der Waals surface area contributed by atoms with Crippen LogP contribution in [0.25, 0.3) is 0 Å². The maximum atomic E-state index is 13.9. The first-order valence-corrected chi connectivity index (χ1v) is 6.60. The van der Waals surface area contributed by atoms with Gasteiger partial charge < -0.3 is 5.73 Å². The Bertz CT molecular complexity index is 550. The standard InChI is InChI=1S/C14H19FN4/c1-3-13-17-14(4-2)19(18-13)12(9-16)10-7-5-6-8-11(10)15/h5-8,12H,3-4,9,16H2,1-2H3. The van der Waals surface area contributed by atoms with Gasteiger partial charge in [0.1, 0.15) is 11.6 Å². The van der Waals surface area contributed by atoms with Crippen molar-refractivity contribution in [3.8, 4) is 0 Å². The molecule has 0 spiro atoms. The molecule has 1 aromatic heterocycles. The van der Waals surface area contributed by atoms with Gasteiger partial charge in [0.15, 0.2) is 5.82 Å². The van der Waals surface area contributed by atoms with Gasteiger partial charge in [0, 0.05) is 24.9 Å². The third-order valence-electron chi connectivity index (χ3n) is 3.16. The van der Waals surface area contributed by atoms with E-state index in [4.69, 9.17) is 5.73 Å². The molecule has 1 unspecified atom stereocenters. The lowest BCUT2D eigenvalue weighted by Crippen LogP contribution is -2.24. The molecule has 2 N–H and O–H groups in total. The summed E-state index contributed by atoms with van der Waals surface area (Å²) >= 11 is 0. The number of aryl methyl sites for hydroxylation is 2. The number of nitrogens with zero attached hydrogens (tertiary/aromatic N) is 3. The fourth-order valence-electron chi connectivity index (χ4n) is 2.15. The molecule has 1 aromatic carbocycles. The Morgan fingerprint density at radius 1 is 1.26 bits per heavy atom. The molecule has 5 heteroatoms. The van der Waals surface area contributed by atoms with Crippen molar-refractivity contribution in [2.45, 2.75) is 32.7 Å². The second-order valence-electron chi connectivity index (χ2n) is 4.37. The number of aromatic nitrogens is 3. The fraction of sp³-hybridized carbons (Fsp3) is 0.429. The minimum Gasteiger partial charge on any atom is -0.328 e. The molecule has 0 bridgehead atoms. The molecule has 19 heavy (non-hydrogen) atoms. The van der Waals surface area contributed by atoms with E-state index in [1.165, 1.54) is 6.07 Å². The number of hydrogen-bond acceptors (Lipinski definition) is 3. The zero-order valence-corrected chi connectivity index (χ0v) is 11.3. The van der Waals surface area contributed by atoms with Crippen molar-refractivity contribution in [1.29, 1.82) is 0 Å². The predicted octanol–water partition coefficient (Wildman–Crippen LogP) is 2.09. The molecule has 2 rings (SSSR count). The van der Waals surface area contributed by atoms with Crippen LogP contribution in [0.15, 0.2) is 24.3 Å². The Labute approximate surface area is 112 Å². The highest BCUT2D eigenvalue weighted by atomic mass is 19.1. The maximum absolute atomic E-state index is 13.9. The first-order valence-electron chi connectivity index (χ1n) is 6.60. The van der Waals surface area contributed by atoms with Crippen LogP contribution in [-0.4, -0.2) is 21.3 Å². The van der Waals surface area contributed by atoms with Gasteiger partial charge in [0.05, 0.1) is 6.04 Å². The fourth-order valence-corrected chi connectivity index (χ4v) is 2.15. The van der Waals surface area contributed by atoms with Gasteiger partial charge in [0.2, 0.25) is 0 Å². The van der Waals surface area contributed by atoms with Crippen LogP contribution in [0.3, 0.4) is 0 Å². The summed E-state index contributed by atoms with van der Waals surface area (Å²) in [5.41, 5.74) is 6.39. The molecule has 0 saturated carbocycles. The van der Waals surface area contributed by atoms with Gasteiger partial charge >= 0.3 is 0 Å². The molecule has 0 aliphatic rings. The van der Waals surface area contributed by atoms with E-state index in [1.54, 1.807) is 16.8 Å². The molecular formula is C14H19FN4. The molecule has 0 amide bonds. The summed E-state index contributed by atoms with van der Waals surface area (Å²) in [7, 11) is 0. The van der Waals surface area contributed by atoms with Gasteiger partial charge in [-0.15, -0.1) is 0 Å². The van der Waals surface area contributed by atoms with E-state index in [1.807, 2.05) is 19.9 Å². The SMILES string of the molecule is CCc1nc(CC)n(C(CN)c2ccccc2F)n1. The van der Waals surface area contributed by atoms with Crippen LogP contribution in [0, 0.1) is 5.82 Å². The first kappa shape index (κ1) is 13.7. The van der Waals surface area contributed by atoms with Gasteiger partial charge in [0.25, 0.3) is 0 Å². The number of rotatable bonds is 5. The molecule has 0 aliphatic heterocycles. The van der Waals surface area contributed by atoms with Crippen molar-refractivity contribution in [2.75, 3.05) is 6.54 Å².